The maximum atomic E-state index is 6.96. The van der Waals surface area contributed by atoms with E-state index in [0.29, 0.717) is 5.92 Å². The van der Waals surface area contributed by atoms with Crippen LogP contribution in [0.4, 0.5) is 0 Å². The molecule has 0 radical (unpaired) electrons. The molecule has 1 aromatic heterocycles. The van der Waals surface area contributed by atoms with E-state index in [1.54, 1.807) is 0 Å². The lowest BCUT2D eigenvalue weighted by Crippen LogP contribution is -2.48. The first-order chi connectivity index (χ1) is 30.2. The van der Waals surface area contributed by atoms with Crippen molar-refractivity contribution in [1.29, 1.82) is 0 Å². The Morgan fingerprint density at radius 2 is 0.623 bits per heavy atom. The Bertz CT molecular complexity index is 857. The third-order valence-electron chi connectivity index (χ3n) is 13.2. The van der Waals surface area contributed by atoms with Crippen LogP contribution in [-0.2, 0) is 19.7 Å². The van der Waals surface area contributed by atoms with Gasteiger partial charge in [0.1, 0.15) is 0 Å². The van der Waals surface area contributed by atoms with Gasteiger partial charge in [0.05, 0.1) is 0 Å². The molecule has 0 aliphatic rings. The Kier molecular flexibility index (Phi) is 46.0. The third kappa shape index (κ3) is 41.0. The van der Waals surface area contributed by atoms with Crippen molar-refractivity contribution in [3.8, 4) is 0 Å². The minimum absolute atomic E-state index is 0.495. The van der Waals surface area contributed by atoms with Crippen LogP contribution >= 0.6 is 11.3 Å². The third-order valence-corrected chi connectivity index (χ3v) is 17.2. The van der Waals surface area contributed by atoms with Gasteiger partial charge in [-0.25, -0.2) is 0 Å². The summed E-state index contributed by atoms with van der Waals surface area (Å²) in [5.41, 5.74) is 0. The van der Waals surface area contributed by atoms with E-state index in [4.69, 9.17) is 13.3 Å². The van der Waals surface area contributed by atoms with Gasteiger partial charge in [0, 0.05) is 30.7 Å². The maximum Gasteiger partial charge on any atom is 0.501 e. The molecular formula is C56H110O3SSi. The highest BCUT2D eigenvalue weighted by Gasteiger charge is 2.42. The lowest BCUT2D eigenvalue weighted by atomic mass is 10.0. The minimum atomic E-state index is -2.80. The molecule has 1 atom stereocenters. The molecule has 0 bridgehead atoms. The van der Waals surface area contributed by atoms with Gasteiger partial charge in [-0.1, -0.05) is 284 Å². The van der Waals surface area contributed by atoms with Gasteiger partial charge in [-0.2, -0.15) is 0 Å². The molecule has 0 spiro atoms. The number of rotatable bonds is 52. The topological polar surface area (TPSA) is 27.7 Å². The van der Waals surface area contributed by atoms with Crippen LogP contribution in [0.15, 0.2) is 17.5 Å². The quantitative estimate of drug-likeness (QED) is 0.0482. The molecule has 0 fully saturated rings. The molecule has 1 heterocycles. The van der Waals surface area contributed by atoms with Crippen molar-refractivity contribution in [2.24, 2.45) is 5.92 Å². The summed E-state index contributed by atoms with van der Waals surface area (Å²) in [6.45, 7) is 11.7. The Labute approximate surface area is 389 Å². The summed E-state index contributed by atoms with van der Waals surface area (Å²) < 4.78 is 20.9. The van der Waals surface area contributed by atoms with Crippen molar-refractivity contribution in [1.82, 2.24) is 0 Å². The van der Waals surface area contributed by atoms with Gasteiger partial charge in [0.15, 0.2) is 0 Å². The Hall–Kier alpha value is -0.203. The van der Waals surface area contributed by atoms with Crippen LogP contribution in [0.25, 0.3) is 0 Å². The number of thiophene rings is 1. The van der Waals surface area contributed by atoms with Crippen LogP contribution in [0.2, 0.25) is 6.04 Å². The van der Waals surface area contributed by atoms with E-state index in [1.807, 2.05) is 11.3 Å². The molecule has 5 heteroatoms. The van der Waals surface area contributed by atoms with E-state index in [9.17, 15) is 0 Å². The second-order valence-electron chi connectivity index (χ2n) is 19.6. The summed E-state index contributed by atoms with van der Waals surface area (Å²) in [5.74, 6) is 0.495. The second-order valence-corrected chi connectivity index (χ2v) is 23.3. The molecule has 1 aromatic rings. The van der Waals surface area contributed by atoms with E-state index < -0.39 is 8.80 Å². The number of unbranched alkanes of at least 4 members (excludes halogenated alkanes) is 39. The highest BCUT2D eigenvalue weighted by molar-refractivity contribution is 7.09. The lowest BCUT2D eigenvalue weighted by Gasteiger charge is -2.32. The first-order valence-electron chi connectivity index (χ1n) is 28.1. The smallest absolute Gasteiger partial charge is 0.373 e. The van der Waals surface area contributed by atoms with Crippen LogP contribution in [0, 0.1) is 5.92 Å². The summed E-state index contributed by atoms with van der Waals surface area (Å²) >= 11 is 1.89. The van der Waals surface area contributed by atoms with Crippen molar-refractivity contribution in [2.75, 3.05) is 19.8 Å². The second kappa shape index (κ2) is 47.8. The summed E-state index contributed by atoms with van der Waals surface area (Å²) in [6.07, 6.45) is 59.2. The molecule has 61 heavy (non-hydrogen) atoms. The van der Waals surface area contributed by atoms with Crippen molar-refractivity contribution < 1.29 is 13.3 Å². The van der Waals surface area contributed by atoms with Gasteiger partial charge in [0.25, 0.3) is 0 Å². The molecule has 0 amide bonds. The zero-order valence-corrected chi connectivity index (χ0v) is 44.0. The monoisotopic (exact) mass is 891 g/mol. The molecule has 0 aliphatic carbocycles. The van der Waals surface area contributed by atoms with E-state index in [0.717, 1.165) is 51.5 Å². The Morgan fingerprint density at radius 3 is 0.852 bits per heavy atom. The summed E-state index contributed by atoms with van der Waals surface area (Å²) in [6, 6.07) is 5.44. The molecule has 362 valence electrons. The van der Waals surface area contributed by atoms with E-state index >= 15 is 0 Å². The van der Waals surface area contributed by atoms with Crippen molar-refractivity contribution in [2.45, 2.75) is 310 Å². The first kappa shape index (κ1) is 58.8. The zero-order valence-electron chi connectivity index (χ0n) is 42.2. The molecule has 3 nitrogen and oxygen atoms in total. The van der Waals surface area contributed by atoms with Crippen molar-refractivity contribution in [3.63, 3.8) is 0 Å². The largest absolute Gasteiger partial charge is 0.501 e. The predicted octanol–water partition coefficient (Wildman–Crippen LogP) is 20.4. The zero-order chi connectivity index (χ0) is 43.8. The van der Waals surface area contributed by atoms with Crippen molar-refractivity contribution in [3.05, 3.63) is 22.4 Å². The molecule has 0 N–H and O–H groups in total. The summed E-state index contributed by atoms with van der Waals surface area (Å²) in [4.78, 5) is 1.47. The molecule has 0 saturated carbocycles. The average molecular weight is 892 g/mol. The van der Waals surface area contributed by atoms with Gasteiger partial charge >= 0.3 is 8.80 Å². The molecule has 1 rings (SSSR count). The standard InChI is InChI=1S/C56H110O3SSi/c1-5-8-11-14-17-20-23-26-29-32-35-38-41-44-49-57-61(54-55(4)53-56-48-47-52-60-56,58-50-45-42-39-36-33-30-27-24-21-18-15-12-9-6-2)59-51-46-43-40-37-34-31-28-25-22-19-16-13-10-7-3/h47-48,52,55H,5-46,49-51,53-54H2,1-4H3. The summed E-state index contributed by atoms with van der Waals surface area (Å²) in [5, 5.41) is 2.22. The van der Waals surface area contributed by atoms with E-state index in [-0.39, 0.29) is 0 Å². The fourth-order valence-electron chi connectivity index (χ4n) is 9.15. The average Bonchev–Trinajstić information content (AvgIpc) is 3.78. The number of hydrogen-bond donors (Lipinski definition) is 0. The SMILES string of the molecule is CCCCCCCCCCCCCCCCO[Si](CC(C)Cc1cccs1)(OCCCCCCCCCCCCCCCC)OCCCCCCCCCCCCCCCC. The molecule has 0 aliphatic heterocycles. The van der Waals surface area contributed by atoms with Crippen LogP contribution in [0.1, 0.15) is 302 Å². The van der Waals surface area contributed by atoms with Crippen LogP contribution < -0.4 is 0 Å². The van der Waals surface area contributed by atoms with Crippen molar-refractivity contribution >= 4 is 20.1 Å². The maximum absolute atomic E-state index is 6.96. The molecule has 0 aromatic carbocycles. The van der Waals surface area contributed by atoms with Gasteiger partial charge in [-0.3, -0.25) is 0 Å². The van der Waals surface area contributed by atoms with Gasteiger partial charge in [0.2, 0.25) is 0 Å². The Morgan fingerprint density at radius 1 is 0.377 bits per heavy atom. The van der Waals surface area contributed by atoms with Crippen LogP contribution in [-0.4, -0.2) is 28.6 Å². The predicted molar refractivity (Wildman–Crippen MR) is 277 cm³/mol. The van der Waals surface area contributed by atoms with Crippen LogP contribution in [0.3, 0.4) is 0 Å². The fourth-order valence-corrected chi connectivity index (χ4v) is 13.0. The molecule has 0 saturated heterocycles. The Balaban J connectivity index is 2.53. The lowest BCUT2D eigenvalue weighted by molar-refractivity contribution is 0.0519. The van der Waals surface area contributed by atoms with Gasteiger partial charge in [-0.05, 0) is 43.0 Å². The van der Waals surface area contributed by atoms with E-state index in [1.165, 1.54) is 255 Å². The van der Waals surface area contributed by atoms with E-state index in [2.05, 4.69) is 45.2 Å². The molecular weight excluding hydrogens is 781 g/mol. The fraction of sp³-hybridized carbons (Fsp3) is 0.929. The normalized spacial score (nSPS) is 12.5. The number of hydrogen-bond acceptors (Lipinski definition) is 4. The van der Waals surface area contributed by atoms with Gasteiger partial charge in [-0.15, -0.1) is 11.3 Å². The highest BCUT2D eigenvalue weighted by atomic mass is 32.1. The minimum Gasteiger partial charge on any atom is -0.373 e. The summed E-state index contributed by atoms with van der Waals surface area (Å²) in [7, 11) is -2.80. The highest BCUT2D eigenvalue weighted by Crippen LogP contribution is 2.28. The van der Waals surface area contributed by atoms with Gasteiger partial charge < -0.3 is 13.3 Å². The first-order valence-corrected chi connectivity index (χ1v) is 30.9. The molecule has 1 unspecified atom stereocenters. The van der Waals surface area contributed by atoms with Crippen LogP contribution in [0.5, 0.6) is 0 Å².